The highest BCUT2D eigenvalue weighted by Crippen LogP contribution is 2.39. The first-order valence-corrected chi connectivity index (χ1v) is 12.3. The molecule has 8 nitrogen and oxygen atoms in total. The zero-order valence-corrected chi connectivity index (χ0v) is 21.8. The van der Waals surface area contributed by atoms with E-state index in [1.54, 1.807) is 60.7 Å². The fourth-order valence-corrected chi connectivity index (χ4v) is 3.72. The summed E-state index contributed by atoms with van der Waals surface area (Å²) in [5.74, 6) is -1.56. The Labute approximate surface area is 236 Å². The second-order valence-corrected chi connectivity index (χ2v) is 8.88. The van der Waals surface area contributed by atoms with E-state index in [1.807, 2.05) is 0 Å². The quantitative estimate of drug-likeness (QED) is 0.0766. The molecule has 0 spiro atoms. The van der Waals surface area contributed by atoms with Gasteiger partial charge in [-0.3, -0.25) is 10.1 Å². The van der Waals surface area contributed by atoms with Gasteiger partial charge in [-0.15, -0.1) is 0 Å². The van der Waals surface area contributed by atoms with E-state index < -0.39 is 40.4 Å². The minimum absolute atomic E-state index is 0.0632. The van der Waals surface area contributed by atoms with E-state index in [4.69, 9.17) is 30.5 Å². The van der Waals surface area contributed by atoms with Crippen molar-refractivity contribution in [1.29, 1.82) is 0 Å². The number of halogens is 4. The third kappa shape index (κ3) is 8.19. The monoisotopic (exact) mass is 587 g/mol. The zero-order valence-electron chi connectivity index (χ0n) is 21.0. The van der Waals surface area contributed by atoms with Gasteiger partial charge in [0.25, 0.3) is 6.29 Å². The number of hydrogen-bond donors (Lipinski definition) is 0. The lowest BCUT2D eigenvalue weighted by atomic mass is 10.2. The molecule has 0 bridgehead atoms. The molecular weight excluding hydrogens is 567 g/mol. The van der Waals surface area contributed by atoms with E-state index in [1.165, 1.54) is 6.07 Å². The number of nitrogens with zero attached hydrogens (tertiary/aromatic N) is 1. The number of benzene rings is 4. The molecule has 212 valence electrons. The number of nitro benzene ring substituents is 1. The lowest BCUT2D eigenvalue weighted by Gasteiger charge is -2.19. The number of nitro groups is 1. The molecule has 0 N–H and O–H groups in total. The van der Waals surface area contributed by atoms with Crippen LogP contribution < -0.4 is 9.47 Å². The van der Waals surface area contributed by atoms with Crippen molar-refractivity contribution in [1.82, 2.24) is 0 Å². The van der Waals surface area contributed by atoms with Crippen LogP contribution in [0.15, 0.2) is 97.1 Å². The minimum atomic E-state index is -4.61. The zero-order chi connectivity index (χ0) is 29.4. The number of carbonyl (C=O) groups is 1. The minimum Gasteiger partial charge on any atom is -0.456 e. The molecule has 0 amide bonds. The van der Waals surface area contributed by atoms with Crippen LogP contribution in [-0.4, -0.2) is 17.2 Å². The van der Waals surface area contributed by atoms with E-state index >= 15 is 0 Å². The molecule has 4 rings (SSSR count). The maximum atomic E-state index is 13.0. The van der Waals surface area contributed by atoms with Crippen molar-refractivity contribution < 1.29 is 41.8 Å². The number of alkyl halides is 3. The SMILES string of the molecule is O=C(OCc1ccccc1)C(OCc1ccccc1)Oc1cc(Oc2ccc(C(F)(F)F)cc2Cl)ccc1[N+](=O)[O-]. The number of rotatable bonds is 11. The topological polar surface area (TPSA) is 97.1 Å². The third-order valence-electron chi connectivity index (χ3n) is 5.51. The first-order chi connectivity index (χ1) is 19.6. The normalized spacial score (nSPS) is 11.9. The summed E-state index contributed by atoms with van der Waals surface area (Å²) in [5.41, 5.74) is -0.118. The molecule has 0 saturated heterocycles. The number of ether oxygens (including phenoxy) is 4. The molecule has 1 atom stereocenters. The van der Waals surface area contributed by atoms with E-state index in [2.05, 4.69) is 0 Å². The molecule has 0 aromatic heterocycles. The molecule has 12 heteroatoms. The van der Waals surface area contributed by atoms with Gasteiger partial charge in [0, 0.05) is 12.1 Å². The highest BCUT2D eigenvalue weighted by molar-refractivity contribution is 6.32. The van der Waals surface area contributed by atoms with Gasteiger partial charge in [-0.05, 0) is 35.4 Å². The van der Waals surface area contributed by atoms with E-state index in [0.29, 0.717) is 17.2 Å². The van der Waals surface area contributed by atoms with Crippen molar-refractivity contribution in [3.8, 4) is 17.2 Å². The smallest absolute Gasteiger partial charge is 0.416 e. The summed E-state index contributed by atoms with van der Waals surface area (Å²) in [6.45, 7) is -0.191. The molecule has 0 aliphatic heterocycles. The molecule has 0 heterocycles. The average Bonchev–Trinajstić information content (AvgIpc) is 2.95. The highest BCUT2D eigenvalue weighted by atomic mass is 35.5. The van der Waals surface area contributed by atoms with Crippen LogP contribution in [0.3, 0.4) is 0 Å². The number of hydrogen-bond acceptors (Lipinski definition) is 7. The third-order valence-corrected chi connectivity index (χ3v) is 5.80. The summed E-state index contributed by atoms with van der Waals surface area (Å²) >= 11 is 5.97. The highest BCUT2D eigenvalue weighted by Gasteiger charge is 2.31. The predicted octanol–water partition coefficient (Wildman–Crippen LogP) is 7.72. The number of carbonyl (C=O) groups excluding carboxylic acids is 1. The van der Waals surface area contributed by atoms with Crippen LogP contribution in [0.2, 0.25) is 5.02 Å². The number of esters is 1. The largest absolute Gasteiger partial charge is 0.456 e. The molecular formula is C29H21ClF3NO7. The molecule has 0 saturated carbocycles. The molecule has 0 fully saturated rings. The second kappa shape index (κ2) is 13.2. The summed E-state index contributed by atoms with van der Waals surface area (Å²) in [6.07, 6.45) is -6.33. The van der Waals surface area contributed by atoms with E-state index in [-0.39, 0.29) is 29.7 Å². The van der Waals surface area contributed by atoms with Crippen molar-refractivity contribution >= 4 is 23.3 Å². The Hall–Kier alpha value is -4.61. The average molecular weight is 588 g/mol. The van der Waals surface area contributed by atoms with Crippen molar-refractivity contribution in [2.45, 2.75) is 25.7 Å². The predicted molar refractivity (Wildman–Crippen MR) is 142 cm³/mol. The van der Waals surface area contributed by atoms with Gasteiger partial charge in [0.2, 0.25) is 5.75 Å². The lowest BCUT2D eigenvalue weighted by Crippen LogP contribution is -2.32. The summed E-state index contributed by atoms with van der Waals surface area (Å²) in [6, 6.07) is 23.5. The van der Waals surface area contributed by atoms with Gasteiger partial charge in [0.1, 0.15) is 18.1 Å². The van der Waals surface area contributed by atoms with Crippen molar-refractivity contribution in [2.24, 2.45) is 0 Å². The maximum absolute atomic E-state index is 13.0. The van der Waals surface area contributed by atoms with Gasteiger partial charge >= 0.3 is 17.8 Å². The Morgan fingerprint density at radius 1 is 0.854 bits per heavy atom. The summed E-state index contributed by atoms with van der Waals surface area (Å²) in [5, 5.41) is 11.4. The summed E-state index contributed by atoms with van der Waals surface area (Å²) < 4.78 is 61.1. The van der Waals surface area contributed by atoms with Crippen molar-refractivity contribution in [2.75, 3.05) is 0 Å². The van der Waals surface area contributed by atoms with Gasteiger partial charge in [0.15, 0.2) is 0 Å². The van der Waals surface area contributed by atoms with Crippen LogP contribution in [-0.2, 0) is 33.7 Å². The van der Waals surface area contributed by atoms with E-state index in [9.17, 15) is 28.1 Å². The van der Waals surface area contributed by atoms with Crippen LogP contribution in [0.5, 0.6) is 17.2 Å². The molecule has 1 unspecified atom stereocenters. The molecule has 41 heavy (non-hydrogen) atoms. The first-order valence-electron chi connectivity index (χ1n) is 12.0. The molecule has 4 aromatic rings. The van der Waals surface area contributed by atoms with E-state index in [0.717, 1.165) is 24.3 Å². The van der Waals surface area contributed by atoms with Gasteiger partial charge < -0.3 is 18.9 Å². The Kier molecular flexibility index (Phi) is 9.43. The Balaban J connectivity index is 1.58. The molecule has 0 aliphatic carbocycles. The van der Waals surface area contributed by atoms with Crippen LogP contribution in [0, 0.1) is 10.1 Å². The molecule has 4 aromatic carbocycles. The Morgan fingerprint density at radius 2 is 1.49 bits per heavy atom. The van der Waals surface area contributed by atoms with Crippen LogP contribution in [0.4, 0.5) is 18.9 Å². The summed E-state index contributed by atoms with van der Waals surface area (Å²) in [4.78, 5) is 24.0. The van der Waals surface area contributed by atoms with Crippen LogP contribution >= 0.6 is 11.6 Å². The lowest BCUT2D eigenvalue weighted by molar-refractivity contribution is -0.386. The fourth-order valence-electron chi connectivity index (χ4n) is 3.50. The van der Waals surface area contributed by atoms with Gasteiger partial charge in [0.05, 0.1) is 22.1 Å². The first kappa shape index (κ1) is 29.4. The Morgan fingerprint density at radius 3 is 2.07 bits per heavy atom. The van der Waals surface area contributed by atoms with Gasteiger partial charge in [-0.25, -0.2) is 4.79 Å². The van der Waals surface area contributed by atoms with Gasteiger partial charge in [-0.1, -0.05) is 72.3 Å². The molecule has 0 aliphatic rings. The fraction of sp³-hybridized carbons (Fsp3) is 0.138. The summed E-state index contributed by atoms with van der Waals surface area (Å²) in [7, 11) is 0. The van der Waals surface area contributed by atoms with Crippen molar-refractivity contribution in [3.05, 3.63) is 129 Å². The molecule has 0 radical (unpaired) electrons. The standard InChI is InChI=1S/C29H21ClF3NO7/c30-23-15-21(29(31,32)33)11-14-25(23)40-22-12-13-24(34(36)37)26(16-22)41-28(39-18-20-9-5-2-6-10-20)27(35)38-17-19-7-3-1-4-8-19/h1-16,28H,17-18H2. The maximum Gasteiger partial charge on any atom is 0.416 e. The second-order valence-electron chi connectivity index (χ2n) is 8.47. The van der Waals surface area contributed by atoms with Gasteiger partial charge in [-0.2, -0.15) is 13.2 Å². The van der Waals surface area contributed by atoms with Crippen molar-refractivity contribution in [3.63, 3.8) is 0 Å². The van der Waals surface area contributed by atoms with Crippen LogP contribution in [0.1, 0.15) is 16.7 Å². The Bertz CT molecular complexity index is 1500. The van der Waals surface area contributed by atoms with Crippen LogP contribution in [0.25, 0.3) is 0 Å².